The zero-order valence-electron chi connectivity index (χ0n) is 10.2. The van der Waals surface area contributed by atoms with E-state index in [0.29, 0.717) is 6.10 Å². The first-order chi connectivity index (χ1) is 8.38. The number of rotatable bonds is 6. The number of aromatic nitrogens is 2. The molecule has 0 aromatic carbocycles. The molecule has 1 atom stereocenters. The first-order valence-corrected chi connectivity index (χ1v) is 7.13. The minimum absolute atomic E-state index is 0.394. The minimum atomic E-state index is 0.394. The van der Waals surface area contributed by atoms with E-state index in [1.54, 1.807) is 11.8 Å². The summed E-state index contributed by atoms with van der Waals surface area (Å²) < 4.78 is 5.57. The Kier molecular flexibility index (Phi) is 5.22. The van der Waals surface area contributed by atoms with Crippen LogP contribution in [0.25, 0.3) is 0 Å². The maximum atomic E-state index is 5.57. The van der Waals surface area contributed by atoms with Crippen molar-refractivity contribution in [3.05, 3.63) is 18.0 Å². The van der Waals surface area contributed by atoms with Gasteiger partial charge in [0.15, 0.2) is 5.16 Å². The topological polar surface area (TPSA) is 47.0 Å². The van der Waals surface area contributed by atoms with Crippen molar-refractivity contribution in [1.29, 1.82) is 0 Å². The summed E-state index contributed by atoms with van der Waals surface area (Å²) in [4.78, 5) is 8.70. The van der Waals surface area contributed by atoms with Gasteiger partial charge in [0, 0.05) is 36.9 Å². The fourth-order valence-electron chi connectivity index (χ4n) is 1.72. The molecule has 94 valence electrons. The van der Waals surface area contributed by atoms with Gasteiger partial charge in [0.1, 0.15) is 0 Å². The molecule has 0 amide bonds. The molecule has 0 spiro atoms. The van der Waals surface area contributed by atoms with Gasteiger partial charge in [-0.3, -0.25) is 0 Å². The van der Waals surface area contributed by atoms with E-state index in [-0.39, 0.29) is 0 Å². The fraction of sp³-hybridized carbons (Fsp3) is 0.667. The summed E-state index contributed by atoms with van der Waals surface area (Å²) in [5, 5.41) is 4.10. The normalized spacial score (nSPS) is 19.7. The Bertz CT molecular complexity index is 325. The molecule has 1 N–H and O–H groups in total. The van der Waals surface area contributed by atoms with Crippen LogP contribution in [-0.2, 0) is 11.3 Å². The van der Waals surface area contributed by atoms with Gasteiger partial charge in [0.25, 0.3) is 0 Å². The monoisotopic (exact) mass is 253 g/mol. The van der Waals surface area contributed by atoms with Crippen LogP contribution in [0.15, 0.2) is 17.6 Å². The van der Waals surface area contributed by atoms with Crippen molar-refractivity contribution < 1.29 is 4.74 Å². The lowest BCUT2D eigenvalue weighted by atomic mass is 10.3. The van der Waals surface area contributed by atoms with E-state index in [9.17, 15) is 0 Å². The Hall–Kier alpha value is -0.650. The Morgan fingerprint density at radius 2 is 2.29 bits per heavy atom. The summed E-state index contributed by atoms with van der Waals surface area (Å²) >= 11 is 1.68. The second kappa shape index (κ2) is 6.93. The highest BCUT2D eigenvalue weighted by molar-refractivity contribution is 7.99. The van der Waals surface area contributed by atoms with E-state index < -0.39 is 0 Å². The molecular formula is C12H19N3OS. The highest BCUT2D eigenvalue weighted by Gasteiger charge is 2.15. The molecule has 1 saturated heterocycles. The molecule has 1 aliphatic heterocycles. The van der Waals surface area contributed by atoms with Gasteiger partial charge in [0.05, 0.1) is 6.10 Å². The molecule has 1 unspecified atom stereocenters. The lowest BCUT2D eigenvalue weighted by Gasteiger charge is -2.07. The van der Waals surface area contributed by atoms with Crippen LogP contribution in [0.5, 0.6) is 0 Å². The predicted molar refractivity (Wildman–Crippen MR) is 69.1 cm³/mol. The van der Waals surface area contributed by atoms with Crippen LogP contribution in [0.3, 0.4) is 0 Å². The number of nitrogens with one attached hydrogen (secondary N) is 1. The Labute approximate surface area is 107 Å². The smallest absolute Gasteiger partial charge is 0.187 e. The largest absolute Gasteiger partial charge is 0.377 e. The van der Waals surface area contributed by atoms with Crippen molar-refractivity contribution in [2.24, 2.45) is 0 Å². The maximum absolute atomic E-state index is 5.57. The summed E-state index contributed by atoms with van der Waals surface area (Å²) in [7, 11) is 0. The van der Waals surface area contributed by atoms with Gasteiger partial charge >= 0.3 is 0 Å². The average Bonchev–Trinajstić information content (AvgIpc) is 2.88. The first-order valence-electron chi connectivity index (χ1n) is 6.14. The van der Waals surface area contributed by atoms with Crippen LogP contribution in [-0.4, -0.2) is 35.0 Å². The van der Waals surface area contributed by atoms with E-state index in [1.165, 1.54) is 12.8 Å². The summed E-state index contributed by atoms with van der Waals surface area (Å²) in [6, 6.07) is 0. The molecule has 0 radical (unpaired) electrons. The summed E-state index contributed by atoms with van der Waals surface area (Å²) in [5.41, 5.74) is 1.13. The molecule has 1 aliphatic rings. The minimum Gasteiger partial charge on any atom is -0.377 e. The predicted octanol–water partition coefficient (Wildman–Crippen LogP) is 1.86. The van der Waals surface area contributed by atoms with Crippen molar-refractivity contribution in [2.45, 2.75) is 37.6 Å². The van der Waals surface area contributed by atoms with Crippen molar-refractivity contribution in [3.63, 3.8) is 0 Å². The van der Waals surface area contributed by atoms with Crippen molar-refractivity contribution >= 4 is 11.8 Å². The van der Waals surface area contributed by atoms with Gasteiger partial charge in [-0.05, 0) is 19.4 Å². The number of ether oxygens (including phenoxy) is 1. The fourth-order valence-corrected chi connectivity index (χ4v) is 2.57. The molecular weight excluding hydrogens is 234 g/mol. The first kappa shape index (κ1) is 12.8. The molecule has 4 nitrogen and oxygen atoms in total. The summed E-state index contributed by atoms with van der Waals surface area (Å²) in [6.45, 7) is 4.81. The van der Waals surface area contributed by atoms with Gasteiger partial charge in [-0.25, -0.2) is 9.97 Å². The molecule has 5 heteroatoms. The van der Waals surface area contributed by atoms with Gasteiger partial charge in [-0.1, -0.05) is 18.7 Å². The second-order valence-corrected chi connectivity index (χ2v) is 5.09. The van der Waals surface area contributed by atoms with Crippen molar-refractivity contribution in [1.82, 2.24) is 15.3 Å². The van der Waals surface area contributed by atoms with Gasteiger partial charge in [-0.2, -0.15) is 0 Å². The number of thioether (sulfide) groups is 1. The molecule has 1 aromatic rings. The lowest BCUT2D eigenvalue weighted by Crippen LogP contribution is -2.12. The summed E-state index contributed by atoms with van der Waals surface area (Å²) in [5.74, 6) is 0.965. The molecule has 0 saturated carbocycles. The van der Waals surface area contributed by atoms with E-state index >= 15 is 0 Å². The third kappa shape index (κ3) is 4.26. The lowest BCUT2D eigenvalue weighted by molar-refractivity contribution is 0.129. The molecule has 0 aliphatic carbocycles. The number of nitrogens with zero attached hydrogens (tertiary/aromatic N) is 2. The Morgan fingerprint density at radius 3 is 2.94 bits per heavy atom. The summed E-state index contributed by atoms with van der Waals surface area (Å²) in [6.07, 6.45) is 6.55. The molecule has 1 fully saturated rings. The maximum Gasteiger partial charge on any atom is 0.187 e. The third-order valence-corrected chi connectivity index (χ3v) is 3.69. The van der Waals surface area contributed by atoms with Gasteiger partial charge in [0.2, 0.25) is 0 Å². The van der Waals surface area contributed by atoms with E-state index in [4.69, 9.17) is 4.74 Å². The van der Waals surface area contributed by atoms with Crippen LogP contribution in [0, 0.1) is 0 Å². The molecule has 2 rings (SSSR count). The zero-order valence-corrected chi connectivity index (χ0v) is 11.0. The average molecular weight is 253 g/mol. The molecule has 0 bridgehead atoms. The molecule has 17 heavy (non-hydrogen) atoms. The van der Waals surface area contributed by atoms with E-state index in [1.807, 2.05) is 12.4 Å². The van der Waals surface area contributed by atoms with Gasteiger partial charge < -0.3 is 10.1 Å². The quantitative estimate of drug-likeness (QED) is 0.619. The number of hydrogen-bond donors (Lipinski definition) is 1. The van der Waals surface area contributed by atoms with Crippen LogP contribution >= 0.6 is 11.8 Å². The molecule has 2 heterocycles. The molecule has 1 aromatic heterocycles. The second-order valence-electron chi connectivity index (χ2n) is 4.10. The van der Waals surface area contributed by atoms with Crippen LogP contribution in [0.1, 0.15) is 25.3 Å². The van der Waals surface area contributed by atoms with Crippen LogP contribution < -0.4 is 5.32 Å². The Morgan fingerprint density at radius 1 is 1.47 bits per heavy atom. The third-order valence-electron chi connectivity index (χ3n) is 2.68. The van der Waals surface area contributed by atoms with E-state index in [2.05, 4.69) is 22.2 Å². The standard InChI is InChI=1S/C12H19N3OS/c1-2-13-6-10-7-14-12(15-8-10)17-9-11-4-3-5-16-11/h7-8,11,13H,2-6,9H2,1H3. The zero-order chi connectivity index (χ0) is 11.9. The number of hydrogen-bond acceptors (Lipinski definition) is 5. The van der Waals surface area contributed by atoms with Crippen molar-refractivity contribution in [2.75, 3.05) is 18.9 Å². The van der Waals surface area contributed by atoms with Crippen LogP contribution in [0.2, 0.25) is 0 Å². The SMILES string of the molecule is CCNCc1cnc(SCC2CCCO2)nc1. The highest BCUT2D eigenvalue weighted by Crippen LogP contribution is 2.20. The van der Waals surface area contributed by atoms with E-state index in [0.717, 1.165) is 36.2 Å². The van der Waals surface area contributed by atoms with Gasteiger partial charge in [-0.15, -0.1) is 0 Å². The highest BCUT2D eigenvalue weighted by atomic mass is 32.2. The Balaban J connectivity index is 1.76. The van der Waals surface area contributed by atoms with Crippen molar-refractivity contribution in [3.8, 4) is 0 Å². The van der Waals surface area contributed by atoms with Crippen LogP contribution in [0.4, 0.5) is 0 Å².